The molecule has 1 amide bonds. The van der Waals surface area contributed by atoms with Gasteiger partial charge in [0, 0.05) is 18.7 Å². The molecule has 0 aliphatic carbocycles. The number of carboxylic acids is 1. The first-order valence-corrected chi connectivity index (χ1v) is 6.50. The van der Waals surface area contributed by atoms with Crippen LogP contribution in [0.4, 0.5) is 0 Å². The van der Waals surface area contributed by atoms with Crippen molar-refractivity contribution in [2.75, 3.05) is 31.2 Å². The number of carbonyl (C=O) groups is 2. The normalized spacial score (nSPS) is 20.8. The lowest BCUT2D eigenvalue weighted by molar-refractivity contribution is -0.159. The van der Waals surface area contributed by atoms with Gasteiger partial charge in [0.1, 0.15) is 0 Å². The van der Waals surface area contributed by atoms with E-state index in [0.717, 1.165) is 11.5 Å². The van der Waals surface area contributed by atoms with E-state index in [1.165, 1.54) is 0 Å². The molecule has 1 aliphatic rings. The Labute approximate surface area is 99.1 Å². The fraction of sp³-hybridized carbons (Fsp3) is 0.800. The molecule has 0 radical (unpaired) electrons. The summed E-state index contributed by atoms with van der Waals surface area (Å²) >= 11 is 1.71. The number of carbonyl (C=O) groups excluding carboxylic acids is 1. The van der Waals surface area contributed by atoms with Crippen LogP contribution in [0.15, 0.2) is 0 Å². The molecule has 1 N–H and O–H groups in total. The predicted octanol–water partition coefficient (Wildman–Crippen LogP) is 0.442. The maximum Gasteiger partial charge on any atom is 0.334 e. The fourth-order valence-corrected chi connectivity index (χ4v) is 2.09. The molecular formula is C10H17NO4S. The summed E-state index contributed by atoms with van der Waals surface area (Å²) in [6.45, 7) is 3.03. The second kappa shape index (κ2) is 6.75. The zero-order valence-corrected chi connectivity index (χ0v) is 10.2. The molecule has 0 spiro atoms. The van der Waals surface area contributed by atoms with E-state index in [1.54, 1.807) is 16.7 Å². The summed E-state index contributed by atoms with van der Waals surface area (Å²) in [5.41, 5.74) is 0. The third-order valence-electron chi connectivity index (χ3n) is 2.36. The first-order chi connectivity index (χ1) is 7.65. The Morgan fingerprint density at radius 3 is 2.94 bits per heavy atom. The molecule has 0 aromatic heterocycles. The average Bonchev–Trinajstić information content (AvgIpc) is 2.29. The van der Waals surface area contributed by atoms with Crippen molar-refractivity contribution in [2.24, 2.45) is 0 Å². The van der Waals surface area contributed by atoms with Crippen molar-refractivity contribution >= 4 is 23.6 Å². The minimum absolute atomic E-state index is 0.0236. The maximum absolute atomic E-state index is 11.7. The molecule has 1 saturated heterocycles. The lowest BCUT2D eigenvalue weighted by atomic mass is 10.2. The largest absolute Gasteiger partial charge is 0.479 e. The van der Waals surface area contributed by atoms with Crippen LogP contribution < -0.4 is 0 Å². The summed E-state index contributed by atoms with van der Waals surface area (Å²) < 4.78 is 5.05. The van der Waals surface area contributed by atoms with Crippen LogP contribution in [0.25, 0.3) is 0 Å². The SMILES string of the molecule is CCSCCC(=O)N1CCOC(C(=O)O)C1. The quantitative estimate of drug-likeness (QED) is 0.714. The maximum atomic E-state index is 11.7. The van der Waals surface area contributed by atoms with Crippen molar-refractivity contribution < 1.29 is 19.4 Å². The van der Waals surface area contributed by atoms with E-state index in [9.17, 15) is 9.59 Å². The first-order valence-electron chi connectivity index (χ1n) is 5.35. The van der Waals surface area contributed by atoms with Crippen LogP contribution in [0.1, 0.15) is 13.3 Å². The molecular weight excluding hydrogens is 230 g/mol. The van der Waals surface area contributed by atoms with E-state index in [-0.39, 0.29) is 12.5 Å². The molecule has 0 bridgehead atoms. The summed E-state index contributed by atoms with van der Waals surface area (Å²) in [7, 11) is 0. The van der Waals surface area contributed by atoms with Gasteiger partial charge in [-0.05, 0) is 5.75 Å². The molecule has 1 unspecified atom stereocenters. The number of nitrogens with zero attached hydrogens (tertiary/aromatic N) is 1. The van der Waals surface area contributed by atoms with Crippen LogP contribution in [0.5, 0.6) is 0 Å². The molecule has 0 saturated carbocycles. The molecule has 6 heteroatoms. The summed E-state index contributed by atoms with van der Waals surface area (Å²) in [6, 6.07) is 0. The molecule has 1 rings (SSSR count). The molecule has 1 heterocycles. The van der Waals surface area contributed by atoms with Gasteiger partial charge < -0.3 is 14.7 Å². The van der Waals surface area contributed by atoms with Crippen LogP contribution in [-0.2, 0) is 14.3 Å². The number of ether oxygens (including phenoxy) is 1. The third kappa shape index (κ3) is 4.02. The van der Waals surface area contributed by atoms with E-state index >= 15 is 0 Å². The van der Waals surface area contributed by atoms with Gasteiger partial charge in [-0.1, -0.05) is 6.92 Å². The Balaban J connectivity index is 2.35. The molecule has 1 atom stereocenters. The summed E-state index contributed by atoms with van der Waals surface area (Å²) in [4.78, 5) is 24.0. The van der Waals surface area contributed by atoms with Gasteiger partial charge in [-0.15, -0.1) is 0 Å². The first kappa shape index (κ1) is 13.3. The van der Waals surface area contributed by atoms with Crippen LogP contribution in [0, 0.1) is 0 Å². The van der Waals surface area contributed by atoms with Gasteiger partial charge in [-0.3, -0.25) is 4.79 Å². The topological polar surface area (TPSA) is 66.8 Å². The van der Waals surface area contributed by atoms with Gasteiger partial charge in [0.25, 0.3) is 0 Å². The highest BCUT2D eigenvalue weighted by Gasteiger charge is 2.28. The summed E-state index contributed by atoms with van der Waals surface area (Å²) in [6.07, 6.45) is -0.387. The minimum Gasteiger partial charge on any atom is -0.479 e. The van der Waals surface area contributed by atoms with Gasteiger partial charge in [-0.25, -0.2) is 4.79 Å². The molecule has 92 valence electrons. The Morgan fingerprint density at radius 1 is 1.56 bits per heavy atom. The van der Waals surface area contributed by atoms with E-state index in [0.29, 0.717) is 19.6 Å². The van der Waals surface area contributed by atoms with E-state index in [1.807, 2.05) is 6.92 Å². The van der Waals surface area contributed by atoms with Crippen molar-refractivity contribution in [3.63, 3.8) is 0 Å². The average molecular weight is 247 g/mol. The predicted molar refractivity (Wildman–Crippen MR) is 61.6 cm³/mol. The molecule has 5 nitrogen and oxygen atoms in total. The van der Waals surface area contributed by atoms with Crippen LogP contribution >= 0.6 is 11.8 Å². The van der Waals surface area contributed by atoms with E-state index in [2.05, 4.69) is 0 Å². The number of aliphatic carboxylic acids is 1. The van der Waals surface area contributed by atoms with Crippen LogP contribution in [0.3, 0.4) is 0 Å². The van der Waals surface area contributed by atoms with E-state index in [4.69, 9.17) is 9.84 Å². The number of hydrogen-bond acceptors (Lipinski definition) is 4. The smallest absolute Gasteiger partial charge is 0.334 e. The second-order valence-corrected chi connectivity index (χ2v) is 4.88. The van der Waals surface area contributed by atoms with Crippen LogP contribution in [0.2, 0.25) is 0 Å². The number of amides is 1. The standard InChI is InChI=1S/C10H17NO4S/c1-2-16-6-3-9(12)11-4-5-15-8(7-11)10(13)14/h8H,2-7H2,1H3,(H,13,14). The van der Waals surface area contributed by atoms with Crippen molar-refractivity contribution in [3.8, 4) is 0 Å². The minimum atomic E-state index is -1.000. The fourth-order valence-electron chi connectivity index (χ4n) is 1.49. The number of rotatable bonds is 5. The zero-order chi connectivity index (χ0) is 12.0. The molecule has 16 heavy (non-hydrogen) atoms. The molecule has 1 fully saturated rings. The number of carboxylic acid groups (broad SMARTS) is 1. The van der Waals surface area contributed by atoms with Crippen molar-refractivity contribution in [1.29, 1.82) is 0 Å². The number of morpholine rings is 1. The number of thioether (sulfide) groups is 1. The molecule has 1 aliphatic heterocycles. The van der Waals surface area contributed by atoms with E-state index < -0.39 is 12.1 Å². The van der Waals surface area contributed by atoms with Crippen LogP contribution in [-0.4, -0.2) is 59.2 Å². The van der Waals surface area contributed by atoms with Gasteiger partial charge in [0.2, 0.25) is 5.91 Å². The highest BCUT2D eigenvalue weighted by Crippen LogP contribution is 2.09. The van der Waals surface area contributed by atoms with Crippen molar-refractivity contribution in [2.45, 2.75) is 19.4 Å². The summed E-state index contributed by atoms with van der Waals surface area (Å²) in [5.74, 6) is 0.814. The highest BCUT2D eigenvalue weighted by molar-refractivity contribution is 7.99. The van der Waals surface area contributed by atoms with Gasteiger partial charge in [-0.2, -0.15) is 11.8 Å². The Morgan fingerprint density at radius 2 is 2.31 bits per heavy atom. The van der Waals surface area contributed by atoms with Gasteiger partial charge in [0.15, 0.2) is 6.10 Å². The van der Waals surface area contributed by atoms with Crippen molar-refractivity contribution in [3.05, 3.63) is 0 Å². The highest BCUT2D eigenvalue weighted by atomic mass is 32.2. The van der Waals surface area contributed by atoms with Crippen molar-refractivity contribution in [1.82, 2.24) is 4.90 Å². The number of hydrogen-bond donors (Lipinski definition) is 1. The Bertz CT molecular complexity index is 259. The lowest BCUT2D eigenvalue weighted by Gasteiger charge is -2.30. The molecule has 0 aromatic carbocycles. The summed E-state index contributed by atoms with van der Waals surface area (Å²) in [5, 5.41) is 8.78. The third-order valence-corrected chi connectivity index (χ3v) is 3.26. The van der Waals surface area contributed by atoms with Gasteiger partial charge >= 0.3 is 5.97 Å². The lowest BCUT2D eigenvalue weighted by Crippen LogP contribution is -2.48. The molecule has 0 aromatic rings. The Hall–Kier alpha value is -0.750. The Kier molecular flexibility index (Phi) is 5.62. The monoisotopic (exact) mass is 247 g/mol. The van der Waals surface area contributed by atoms with Gasteiger partial charge in [0.05, 0.1) is 13.2 Å². The second-order valence-electron chi connectivity index (χ2n) is 3.48. The zero-order valence-electron chi connectivity index (χ0n) is 9.35.